The molecule has 2 heterocycles. The normalized spacial score (nSPS) is 16.1. The average molecular weight is 399 g/mol. The summed E-state index contributed by atoms with van der Waals surface area (Å²) in [5.41, 5.74) is 0.613. The average Bonchev–Trinajstić information content (AvgIpc) is 3.00. The molecule has 0 saturated carbocycles. The highest BCUT2D eigenvalue weighted by Crippen LogP contribution is 2.36. The molecule has 1 aromatic heterocycles. The molecule has 2 aromatic rings. The van der Waals surface area contributed by atoms with Crippen LogP contribution < -0.4 is 15.1 Å². The highest BCUT2D eigenvalue weighted by molar-refractivity contribution is 8.14. The fourth-order valence-electron chi connectivity index (χ4n) is 3.17. The Morgan fingerprint density at radius 3 is 2.77 bits per heavy atom. The zero-order chi connectivity index (χ0) is 18.8. The second-order valence-corrected chi connectivity index (χ2v) is 7.90. The molecule has 142 valence electrons. The predicted octanol–water partition coefficient (Wildman–Crippen LogP) is 3.54. The largest absolute Gasteiger partial charge is 0.369 e. The maximum absolute atomic E-state index is 13.4. The van der Waals surface area contributed by atoms with Crippen molar-refractivity contribution in [3.8, 4) is 0 Å². The van der Waals surface area contributed by atoms with Gasteiger partial charge in [-0.3, -0.25) is 5.41 Å². The lowest BCUT2D eigenvalue weighted by atomic mass is 10.2. The highest BCUT2D eigenvalue weighted by atomic mass is 35.5. The van der Waals surface area contributed by atoms with Crippen molar-refractivity contribution in [3.05, 3.63) is 17.2 Å². The minimum atomic E-state index is -1.14. The summed E-state index contributed by atoms with van der Waals surface area (Å²) in [4.78, 5) is 3.97. The quantitative estimate of drug-likeness (QED) is 0.609. The Morgan fingerprint density at radius 1 is 1.46 bits per heavy atom. The van der Waals surface area contributed by atoms with Crippen molar-refractivity contribution in [2.75, 3.05) is 43.0 Å². The number of thioether (sulfide) groups is 1. The molecule has 1 aromatic carbocycles. The molecule has 1 aliphatic rings. The fraction of sp³-hybridized carbons (Fsp3) is 0.529. The van der Waals surface area contributed by atoms with E-state index in [9.17, 15) is 4.39 Å². The van der Waals surface area contributed by atoms with E-state index in [-0.39, 0.29) is 5.17 Å². The number of aryl methyl sites for hydroxylation is 1. The van der Waals surface area contributed by atoms with Crippen molar-refractivity contribution in [1.82, 2.24) is 15.1 Å². The van der Waals surface area contributed by atoms with Crippen LogP contribution in [0.5, 0.6) is 0 Å². The number of benzene rings is 1. The second kappa shape index (κ2) is 8.02. The molecule has 0 aliphatic carbocycles. The van der Waals surface area contributed by atoms with E-state index in [0.717, 1.165) is 54.8 Å². The fourth-order valence-corrected chi connectivity index (χ4v) is 3.98. The van der Waals surface area contributed by atoms with E-state index in [2.05, 4.69) is 21.4 Å². The summed E-state index contributed by atoms with van der Waals surface area (Å²) in [5, 5.41) is 17.8. The van der Waals surface area contributed by atoms with Crippen molar-refractivity contribution in [2.24, 2.45) is 0 Å². The van der Waals surface area contributed by atoms with Gasteiger partial charge < -0.3 is 15.1 Å². The number of alkyl halides is 1. The number of fused-ring (bicyclic) bond motifs is 1. The van der Waals surface area contributed by atoms with Gasteiger partial charge in [0, 0.05) is 50.8 Å². The van der Waals surface area contributed by atoms with Crippen molar-refractivity contribution in [1.29, 1.82) is 5.41 Å². The molecule has 1 fully saturated rings. The molecule has 1 saturated heterocycles. The van der Waals surface area contributed by atoms with Gasteiger partial charge in [-0.25, -0.2) is 9.07 Å². The Hall–Kier alpha value is -1.51. The topological polar surface area (TPSA) is 60.2 Å². The van der Waals surface area contributed by atoms with E-state index in [0.29, 0.717) is 17.1 Å². The SMILES string of the molecule is CCn1nc2c(Cl)cc(N3CCNCC3)cc2c1N(C)C(=N)SC(C)F. The van der Waals surface area contributed by atoms with Gasteiger partial charge in [0.1, 0.15) is 16.8 Å². The number of hydrogen-bond acceptors (Lipinski definition) is 5. The van der Waals surface area contributed by atoms with Crippen molar-refractivity contribution in [2.45, 2.75) is 25.9 Å². The standard InChI is InChI=1S/C17H24ClFN6S/c1-4-25-16(23(3)17(20)26-11(2)19)13-9-12(10-14(18)15(13)22-25)24-7-5-21-6-8-24/h9-11,20-21H,4-8H2,1-3H3. The van der Waals surface area contributed by atoms with Crippen LogP contribution in [0.4, 0.5) is 15.9 Å². The van der Waals surface area contributed by atoms with E-state index in [1.807, 2.05) is 17.7 Å². The molecule has 6 nitrogen and oxygen atoms in total. The van der Waals surface area contributed by atoms with Gasteiger partial charge in [-0.15, -0.1) is 0 Å². The number of halogens is 2. The Morgan fingerprint density at radius 2 is 2.15 bits per heavy atom. The van der Waals surface area contributed by atoms with Crippen LogP contribution in [0.1, 0.15) is 13.8 Å². The van der Waals surface area contributed by atoms with Crippen LogP contribution in [-0.2, 0) is 6.54 Å². The van der Waals surface area contributed by atoms with Gasteiger partial charge in [0.2, 0.25) is 0 Å². The van der Waals surface area contributed by atoms with E-state index >= 15 is 0 Å². The number of rotatable bonds is 4. The number of piperazine rings is 1. The third-order valence-corrected chi connectivity index (χ3v) is 5.54. The van der Waals surface area contributed by atoms with Crippen molar-refractivity contribution < 1.29 is 4.39 Å². The Kier molecular flexibility index (Phi) is 5.94. The molecule has 1 aliphatic heterocycles. The van der Waals surface area contributed by atoms with Gasteiger partial charge in [0.05, 0.1) is 5.02 Å². The van der Waals surface area contributed by atoms with Crippen LogP contribution in [0.3, 0.4) is 0 Å². The smallest absolute Gasteiger partial charge is 0.164 e. The molecule has 1 unspecified atom stereocenters. The summed E-state index contributed by atoms with van der Waals surface area (Å²) in [6.07, 6.45) is 0. The lowest BCUT2D eigenvalue weighted by Gasteiger charge is -2.29. The number of anilines is 2. The second-order valence-electron chi connectivity index (χ2n) is 6.23. The van der Waals surface area contributed by atoms with Gasteiger partial charge in [-0.1, -0.05) is 23.4 Å². The van der Waals surface area contributed by atoms with E-state index < -0.39 is 5.50 Å². The van der Waals surface area contributed by atoms with E-state index in [1.165, 1.54) is 6.92 Å². The molecular formula is C17H24ClFN6S. The lowest BCUT2D eigenvalue weighted by Crippen LogP contribution is -2.43. The summed E-state index contributed by atoms with van der Waals surface area (Å²) in [6, 6.07) is 4.03. The summed E-state index contributed by atoms with van der Waals surface area (Å²) in [6.45, 7) is 7.76. The van der Waals surface area contributed by atoms with Crippen LogP contribution in [0.15, 0.2) is 12.1 Å². The summed E-state index contributed by atoms with van der Waals surface area (Å²) < 4.78 is 15.2. The first-order valence-electron chi connectivity index (χ1n) is 8.71. The predicted molar refractivity (Wildman–Crippen MR) is 110 cm³/mol. The maximum atomic E-state index is 13.4. The minimum Gasteiger partial charge on any atom is -0.369 e. The Labute approximate surface area is 162 Å². The molecule has 0 radical (unpaired) electrons. The molecule has 26 heavy (non-hydrogen) atoms. The molecule has 9 heteroatoms. The molecule has 2 N–H and O–H groups in total. The monoisotopic (exact) mass is 398 g/mol. The number of aromatic nitrogens is 2. The first-order chi connectivity index (χ1) is 12.4. The zero-order valence-electron chi connectivity index (χ0n) is 15.2. The third kappa shape index (κ3) is 3.77. The van der Waals surface area contributed by atoms with Crippen LogP contribution in [-0.4, -0.2) is 53.7 Å². The third-order valence-electron chi connectivity index (χ3n) is 4.43. The molecule has 0 spiro atoms. The number of amidine groups is 1. The summed E-state index contributed by atoms with van der Waals surface area (Å²) in [5.74, 6) is 0.763. The van der Waals surface area contributed by atoms with Gasteiger partial charge in [0.15, 0.2) is 5.17 Å². The van der Waals surface area contributed by atoms with Crippen molar-refractivity contribution in [3.63, 3.8) is 0 Å². The molecule has 3 rings (SSSR count). The Bertz CT molecular complexity index is 802. The van der Waals surface area contributed by atoms with Crippen LogP contribution in [0.2, 0.25) is 5.02 Å². The minimum absolute atomic E-state index is 0.139. The van der Waals surface area contributed by atoms with Gasteiger partial charge in [0.25, 0.3) is 0 Å². The lowest BCUT2D eigenvalue weighted by molar-refractivity contribution is 0.485. The van der Waals surface area contributed by atoms with E-state index in [4.69, 9.17) is 17.0 Å². The number of nitrogens with zero attached hydrogens (tertiary/aromatic N) is 4. The van der Waals surface area contributed by atoms with Gasteiger partial charge >= 0.3 is 0 Å². The van der Waals surface area contributed by atoms with Gasteiger partial charge in [-0.2, -0.15) is 5.10 Å². The molecule has 1 atom stereocenters. The number of nitrogens with one attached hydrogen (secondary N) is 2. The molecule has 0 bridgehead atoms. The highest BCUT2D eigenvalue weighted by Gasteiger charge is 2.22. The first-order valence-corrected chi connectivity index (χ1v) is 9.96. The summed E-state index contributed by atoms with van der Waals surface area (Å²) in [7, 11) is 1.77. The van der Waals surface area contributed by atoms with E-state index in [1.54, 1.807) is 11.9 Å². The number of hydrogen-bond donors (Lipinski definition) is 2. The zero-order valence-corrected chi connectivity index (χ0v) is 16.8. The van der Waals surface area contributed by atoms with Crippen molar-refractivity contribution >= 4 is 50.9 Å². The van der Waals surface area contributed by atoms with Gasteiger partial charge in [-0.05, 0) is 26.0 Å². The van der Waals surface area contributed by atoms with Crippen LogP contribution >= 0.6 is 23.4 Å². The molecule has 0 amide bonds. The van der Waals surface area contributed by atoms with Crippen LogP contribution in [0, 0.1) is 5.41 Å². The Balaban J connectivity index is 2.08. The maximum Gasteiger partial charge on any atom is 0.164 e. The van der Waals surface area contributed by atoms with Crippen LogP contribution in [0.25, 0.3) is 10.9 Å². The molecular weight excluding hydrogens is 375 g/mol. The summed E-state index contributed by atoms with van der Waals surface area (Å²) >= 11 is 7.41. The first kappa shape index (κ1) is 19.3.